The predicted molar refractivity (Wildman–Crippen MR) is 133 cm³/mol. The fourth-order valence-electron chi connectivity index (χ4n) is 3.89. The third-order valence-corrected chi connectivity index (χ3v) is 6.15. The van der Waals surface area contributed by atoms with Crippen LogP contribution in [0.4, 0.5) is 5.69 Å². The minimum absolute atomic E-state index is 0.0428. The van der Waals surface area contributed by atoms with Crippen LogP contribution in [-0.4, -0.2) is 20.6 Å². The molecule has 0 saturated heterocycles. The van der Waals surface area contributed by atoms with Gasteiger partial charge in [0.05, 0.1) is 22.3 Å². The van der Waals surface area contributed by atoms with Crippen LogP contribution in [0.1, 0.15) is 15.9 Å². The van der Waals surface area contributed by atoms with Crippen molar-refractivity contribution < 1.29 is 9.90 Å². The van der Waals surface area contributed by atoms with Crippen LogP contribution in [0.15, 0.2) is 87.5 Å². The highest BCUT2D eigenvalue weighted by atomic mass is 79.9. The van der Waals surface area contributed by atoms with E-state index in [4.69, 9.17) is 4.98 Å². The summed E-state index contributed by atoms with van der Waals surface area (Å²) in [6.07, 6.45) is 0. The molecule has 162 valence electrons. The fourth-order valence-corrected chi connectivity index (χ4v) is 4.16. The van der Waals surface area contributed by atoms with Crippen molar-refractivity contribution in [2.45, 2.75) is 6.92 Å². The van der Waals surface area contributed by atoms with Crippen molar-refractivity contribution >= 4 is 49.3 Å². The summed E-state index contributed by atoms with van der Waals surface area (Å²) in [5, 5.41) is 20.1. The van der Waals surface area contributed by atoms with Gasteiger partial charge in [-0.25, -0.2) is 4.98 Å². The molecule has 33 heavy (non-hydrogen) atoms. The number of pyridine rings is 1. The van der Waals surface area contributed by atoms with Crippen LogP contribution in [0.3, 0.4) is 0 Å². The van der Waals surface area contributed by atoms with Crippen molar-refractivity contribution in [3.05, 3.63) is 88.4 Å². The van der Waals surface area contributed by atoms with Crippen LogP contribution in [0.5, 0.6) is 5.88 Å². The fraction of sp³-hybridized carbons (Fsp3) is 0.0769. The van der Waals surface area contributed by atoms with Gasteiger partial charge in [-0.1, -0.05) is 57.9 Å². The maximum Gasteiger partial charge on any atom is 0.296 e. The Morgan fingerprint density at radius 2 is 1.76 bits per heavy atom. The van der Waals surface area contributed by atoms with Gasteiger partial charge >= 0.3 is 0 Å². The summed E-state index contributed by atoms with van der Waals surface area (Å²) in [5.74, 6) is -0.544. The van der Waals surface area contributed by atoms with E-state index in [1.165, 1.54) is 0 Å². The highest BCUT2D eigenvalue weighted by Crippen LogP contribution is 2.38. The van der Waals surface area contributed by atoms with Gasteiger partial charge in [-0.2, -0.15) is 0 Å². The molecule has 0 bridgehead atoms. The van der Waals surface area contributed by atoms with Crippen LogP contribution >= 0.6 is 15.9 Å². The van der Waals surface area contributed by atoms with Gasteiger partial charge < -0.3 is 9.67 Å². The van der Waals surface area contributed by atoms with E-state index >= 15 is 0 Å². The largest absolute Gasteiger partial charge is 0.493 e. The summed E-state index contributed by atoms with van der Waals surface area (Å²) in [5.41, 5.74) is 4.75. The van der Waals surface area contributed by atoms with E-state index < -0.39 is 5.91 Å². The number of aromatic hydroxyl groups is 1. The first kappa shape index (κ1) is 21.0. The van der Waals surface area contributed by atoms with E-state index in [0.29, 0.717) is 22.2 Å². The smallest absolute Gasteiger partial charge is 0.296 e. The minimum atomic E-state index is -0.501. The quantitative estimate of drug-likeness (QED) is 0.269. The maximum atomic E-state index is 13.3. The van der Waals surface area contributed by atoms with E-state index in [1.54, 1.807) is 17.7 Å². The molecule has 6 nitrogen and oxygen atoms in total. The molecule has 2 heterocycles. The second-order valence-electron chi connectivity index (χ2n) is 7.84. The molecule has 0 aliphatic rings. The lowest BCUT2D eigenvalue weighted by atomic mass is 10.0. The number of carbonyl (C=O) groups excluding carboxylic acids is 1. The molecule has 5 aromatic rings. The summed E-state index contributed by atoms with van der Waals surface area (Å²) < 4.78 is 2.58. The van der Waals surface area contributed by atoms with Gasteiger partial charge in [-0.3, -0.25) is 4.79 Å². The first-order valence-electron chi connectivity index (χ1n) is 10.3. The van der Waals surface area contributed by atoms with Crippen LogP contribution in [0, 0.1) is 6.92 Å². The summed E-state index contributed by atoms with van der Waals surface area (Å²) in [4.78, 5) is 18.0. The number of amides is 1. The maximum absolute atomic E-state index is 13.3. The second-order valence-corrected chi connectivity index (χ2v) is 8.75. The van der Waals surface area contributed by atoms with Gasteiger partial charge in [0.2, 0.25) is 5.88 Å². The third-order valence-electron chi connectivity index (χ3n) is 5.63. The van der Waals surface area contributed by atoms with E-state index in [-0.39, 0.29) is 11.6 Å². The van der Waals surface area contributed by atoms with Crippen molar-refractivity contribution in [3.63, 3.8) is 0 Å². The molecule has 0 spiro atoms. The molecule has 0 radical (unpaired) electrons. The number of nitrogens with zero attached hydrogens (tertiary/aromatic N) is 4. The van der Waals surface area contributed by atoms with Crippen molar-refractivity contribution in [1.29, 1.82) is 0 Å². The molecule has 3 aromatic carbocycles. The van der Waals surface area contributed by atoms with Gasteiger partial charge in [0.1, 0.15) is 0 Å². The molecule has 1 N–H and O–H groups in total. The highest BCUT2D eigenvalue weighted by Gasteiger charge is 2.17. The number of fused-ring (bicyclic) bond motifs is 2. The van der Waals surface area contributed by atoms with Crippen molar-refractivity contribution in [3.8, 4) is 17.1 Å². The molecular weight excluding hydrogens is 480 g/mol. The normalized spacial score (nSPS) is 11.6. The van der Waals surface area contributed by atoms with Crippen molar-refractivity contribution in [2.24, 2.45) is 17.3 Å². The summed E-state index contributed by atoms with van der Waals surface area (Å²) >= 11 is 3.45. The van der Waals surface area contributed by atoms with Crippen LogP contribution < -0.4 is 0 Å². The van der Waals surface area contributed by atoms with E-state index in [2.05, 4.69) is 26.2 Å². The van der Waals surface area contributed by atoms with Gasteiger partial charge in [0.15, 0.2) is 5.69 Å². The molecule has 7 heteroatoms. The predicted octanol–water partition coefficient (Wildman–Crippen LogP) is 7.09. The van der Waals surface area contributed by atoms with Crippen molar-refractivity contribution in [2.75, 3.05) is 0 Å². The summed E-state index contributed by atoms with van der Waals surface area (Å²) in [6.45, 7) is 1.96. The average molecular weight is 499 g/mol. The highest BCUT2D eigenvalue weighted by molar-refractivity contribution is 9.10. The Morgan fingerprint density at radius 3 is 2.55 bits per heavy atom. The zero-order valence-electron chi connectivity index (χ0n) is 18.0. The lowest BCUT2D eigenvalue weighted by Gasteiger charge is -2.08. The standard InChI is InChI=1S/C26H19BrN4O2/c1-15-7-12-21-19(13-15)20(14-22(28-21)16-8-10-17(27)11-9-16)25(32)30-29-24-18-5-3-4-6-23(18)31(2)26(24)33/h3-14,33H,1-2H3. The van der Waals surface area contributed by atoms with E-state index in [9.17, 15) is 9.90 Å². The molecule has 2 aromatic heterocycles. The lowest BCUT2D eigenvalue weighted by Crippen LogP contribution is -1.99. The number of aryl methyl sites for hydroxylation is 2. The Kier molecular flexibility index (Phi) is 5.26. The average Bonchev–Trinajstić information content (AvgIpc) is 3.07. The molecule has 0 aliphatic heterocycles. The van der Waals surface area contributed by atoms with Gasteiger partial charge in [-0.05, 0) is 43.3 Å². The zero-order valence-corrected chi connectivity index (χ0v) is 19.5. The van der Waals surface area contributed by atoms with Crippen LogP contribution in [0.25, 0.3) is 33.1 Å². The Morgan fingerprint density at radius 1 is 1.00 bits per heavy atom. The number of azo groups is 1. The topological polar surface area (TPSA) is 79.8 Å². The summed E-state index contributed by atoms with van der Waals surface area (Å²) in [7, 11) is 1.74. The molecule has 1 amide bonds. The molecule has 0 atom stereocenters. The Labute approximate surface area is 198 Å². The SMILES string of the molecule is Cc1ccc2nc(-c3ccc(Br)cc3)cc(C(=O)N=Nc3c(O)n(C)c4ccccc34)c2c1. The van der Waals surface area contributed by atoms with Gasteiger partial charge in [-0.15, -0.1) is 10.2 Å². The van der Waals surface area contributed by atoms with Crippen LogP contribution in [-0.2, 0) is 7.05 Å². The number of halogens is 1. The first-order chi connectivity index (χ1) is 15.9. The van der Waals surface area contributed by atoms with E-state index in [1.807, 2.05) is 73.7 Å². The van der Waals surface area contributed by atoms with Crippen molar-refractivity contribution in [1.82, 2.24) is 9.55 Å². The number of aromatic nitrogens is 2. The third kappa shape index (κ3) is 3.81. The monoisotopic (exact) mass is 498 g/mol. The number of para-hydroxylation sites is 1. The first-order valence-corrected chi connectivity index (χ1v) is 11.1. The zero-order chi connectivity index (χ0) is 23.1. The second kappa shape index (κ2) is 8.26. The Hall–Kier alpha value is -3.84. The Balaban J connectivity index is 1.63. The van der Waals surface area contributed by atoms with Gasteiger partial charge in [0, 0.05) is 27.9 Å². The number of benzene rings is 3. The number of hydrogen-bond donors (Lipinski definition) is 1. The Bertz CT molecular complexity index is 1570. The lowest BCUT2D eigenvalue weighted by molar-refractivity contribution is 0.0996. The number of carbonyl (C=O) groups is 1. The van der Waals surface area contributed by atoms with Crippen LogP contribution in [0.2, 0.25) is 0 Å². The minimum Gasteiger partial charge on any atom is -0.493 e. The number of hydrogen-bond acceptors (Lipinski definition) is 4. The number of rotatable bonds is 3. The molecule has 0 saturated carbocycles. The molecule has 5 rings (SSSR count). The van der Waals surface area contributed by atoms with E-state index in [0.717, 1.165) is 26.5 Å². The molecule has 0 aliphatic carbocycles. The summed E-state index contributed by atoms with van der Waals surface area (Å²) in [6, 6.07) is 22.7. The molecular formula is C26H19BrN4O2. The van der Waals surface area contributed by atoms with Gasteiger partial charge in [0.25, 0.3) is 5.91 Å². The molecule has 0 fully saturated rings. The molecule has 0 unspecified atom stereocenters.